The molecule has 0 saturated heterocycles. The van der Waals surface area contributed by atoms with Crippen LogP contribution in [0.15, 0.2) is 59.4 Å². The van der Waals surface area contributed by atoms with Gasteiger partial charge in [0.05, 0.1) is 17.6 Å². The molecule has 0 radical (unpaired) electrons. The summed E-state index contributed by atoms with van der Waals surface area (Å²) in [5, 5.41) is 0.704. The van der Waals surface area contributed by atoms with Gasteiger partial charge in [-0.3, -0.25) is 4.79 Å². The molecule has 0 spiro atoms. The maximum Gasteiger partial charge on any atom is 0.259 e. The standard InChI is InChI=1S/C20H18ClN3O/c1-2-6-16-12-19(25)24-18-10-4-3-9-17(18)23(20(24)22-16)13-14-7-5-8-15(21)11-14/h3-5,7-12H,2,6,13H2,1H3. The average Bonchev–Trinajstić information content (AvgIpc) is 2.90. The predicted molar refractivity (Wildman–Crippen MR) is 102 cm³/mol. The van der Waals surface area contributed by atoms with Crippen molar-refractivity contribution in [3.05, 3.63) is 81.2 Å². The molecule has 25 heavy (non-hydrogen) atoms. The highest BCUT2D eigenvalue weighted by molar-refractivity contribution is 6.30. The summed E-state index contributed by atoms with van der Waals surface area (Å²) in [6, 6.07) is 17.3. The Kier molecular flexibility index (Phi) is 4.06. The molecule has 2 aromatic heterocycles. The van der Waals surface area contributed by atoms with E-state index in [2.05, 4.69) is 11.5 Å². The molecular weight excluding hydrogens is 334 g/mol. The molecule has 0 atom stereocenters. The fourth-order valence-electron chi connectivity index (χ4n) is 3.27. The molecule has 0 N–H and O–H groups in total. The summed E-state index contributed by atoms with van der Waals surface area (Å²) in [6.45, 7) is 2.70. The van der Waals surface area contributed by atoms with Crippen molar-refractivity contribution in [1.82, 2.24) is 14.0 Å². The van der Waals surface area contributed by atoms with Gasteiger partial charge in [0.1, 0.15) is 0 Å². The van der Waals surface area contributed by atoms with Crippen molar-refractivity contribution < 1.29 is 0 Å². The molecule has 0 unspecified atom stereocenters. The van der Waals surface area contributed by atoms with Gasteiger partial charge in [0.25, 0.3) is 5.56 Å². The molecule has 5 heteroatoms. The van der Waals surface area contributed by atoms with E-state index in [0.29, 0.717) is 17.3 Å². The van der Waals surface area contributed by atoms with Crippen molar-refractivity contribution in [3.8, 4) is 0 Å². The molecule has 0 amide bonds. The Labute approximate surface area is 150 Å². The van der Waals surface area contributed by atoms with Crippen LogP contribution >= 0.6 is 11.6 Å². The second-order valence-corrected chi connectivity index (χ2v) is 6.61. The molecule has 0 aliphatic carbocycles. The molecule has 2 heterocycles. The van der Waals surface area contributed by atoms with E-state index in [1.807, 2.05) is 48.5 Å². The first kappa shape index (κ1) is 15.9. The number of hydrogen-bond acceptors (Lipinski definition) is 2. The summed E-state index contributed by atoms with van der Waals surface area (Å²) in [6.07, 6.45) is 1.75. The molecular formula is C20H18ClN3O. The van der Waals surface area contributed by atoms with Gasteiger partial charge in [0.2, 0.25) is 5.78 Å². The van der Waals surface area contributed by atoms with Crippen molar-refractivity contribution in [2.45, 2.75) is 26.3 Å². The summed E-state index contributed by atoms with van der Waals surface area (Å²) in [4.78, 5) is 17.5. The molecule has 0 fully saturated rings. The number of para-hydroxylation sites is 2. The minimum absolute atomic E-state index is 0.0329. The van der Waals surface area contributed by atoms with E-state index < -0.39 is 0 Å². The Balaban J connectivity index is 2.01. The highest BCUT2D eigenvalue weighted by atomic mass is 35.5. The van der Waals surface area contributed by atoms with Gasteiger partial charge >= 0.3 is 0 Å². The van der Waals surface area contributed by atoms with Crippen molar-refractivity contribution >= 4 is 28.4 Å². The lowest BCUT2D eigenvalue weighted by atomic mass is 10.2. The maximum atomic E-state index is 12.7. The summed E-state index contributed by atoms with van der Waals surface area (Å²) in [5.41, 5.74) is 3.74. The number of rotatable bonds is 4. The zero-order chi connectivity index (χ0) is 17.4. The van der Waals surface area contributed by atoms with Crippen LogP contribution in [0.2, 0.25) is 5.02 Å². The van der Waals surface area contributed by atoms with Crippen LogP contribution in [-0.4, -0.2) is 14.0 Å². The highest BCUT2D eigenvalue weighted by Gasteiger charge is 2.14. The van der Waals surface area contributed by atoms with Crippen LogP contribution in [0.1, 0.15) is 24.6 Å². The van der Waals surface area contributed by atoms with E-state index >= 15 is 0 Å². The second-order valence-electron chi connectivity index (χ2n) is 6.18. The summed E-state index contributed by atoms with van der Waals surface area (Å²) in [7, 11) is 0. The van der Waals surface area contributed by atoms with Crippen LogP contribution in [0.5, 0.6) is 0 Å². The normalized spacial score (nSPS) is 11.4. The molecule has 0 bridgehead atoms. The lowest BCUT2D eigenvalue weighted by Gasteiger charge is -2.07. The molecule has 4 rings (SSSR count). The fraction of sp³-hybridized carbons (Fsp3) is 0.200. The highest BCUT2D eigenvalue weighted by Crippen LogP contribution is 2.21. The Morgan fingerprint density at radius 3 is 2.60 bits per heavy atom. The number of benzene rings is 2. The first-order valence-electron chi connectivity index (χ1n) is 8.41. The molecule has 4 nitrogen and oxygen atoms in total. The van der Waals surface area contributed by atoms with E-state index in [4.69, 9.17) is 16.6 Å². The van der Waals surface area contributed by atoms with Crippen molar-refractivity contribution in [1.29, 1.82) is 0 Å². The SMILES string of the molecule is CCCc1cc(=O)n2c3ccccc3n(Cc3cccc(Cl)c3)c2n1. The van der Waals surface area contributed by atoms with Gasteiger partial charge < -0.3 is 4.57 Å². The number of nitrogens with zero attached hydrogens (tertiary/aromatic N) is 3. The summed E-state index contributed by atoms with van der Waals surface area (Å²) >= 11 is 6.13. The van der Waals surface area contributed by atoms with E-state index in [0.717, 1.165) is 35.1 Å². The average molecular weight is 352 g/mol. The van der Waals surface area contributed by atoms with Crippen molar-refractivity contribution in [2.24, 2.45) is 0 Å². The molecule has 0 aliphatic heterocycles. The van der Waals surface area contributed by atoms with Crippen LogP contribution < -0.4 is 5.56 Å². The third-order valence-electron chi connectivity index (χ3n) is 4.34. The zero-order valence-electron chi connectivity index (χ0n) is 13.9. The van der Waals surface area contributed by atoms with Gasteiger partial charge in [-0.25, -0.2) is 9.38 Å². The van der Waals surface area contributed by atoms with Crippen LogP contribution in [0.4, 0.5) is 0 Å². The molecule has 2 aromatic carbocycles. The van der Waals surface area contributed by atoms with Crippen LogP contribution in [0, 0.1) is 0 Å². The molecule has 0 saturated carbocycles. The van der Waals surface area contributed by atoms with E-state index in [1.54, 1.807) is 10.5 Å². The molecule has 126 valence electrons. The van der Waals surface area contributed by atoms with Crippen LogP contribution in [0.25, 0.3) is 16.8 Å². The quantitative estimate of drug-likeness (QED) is 0.549. The lowest BCUT2D eigenvalue weighted by molar-refractivity contribution is 0.809. The Hall–Kier alpha value is -2.59. The number of aryl methyl sites for hydroxylation is 1. The lowest BCUT2D eigenvalue weighted by Crippen LogP contribution is -2.16. The number of aromatic nitrogens is 3. The van der Waals surface area contributed by atoms with Crippen LogP contribution in [-0.2, 0) is 13.0 Å². The van der Waals surface area contributed by atoms with E-state index in [-0.39, 0.29) is 5.56 Å². The second kappa shape index (κ2) is 6.37. The summed E-state index contributed by atoms with van der Waals surface area (Å²) in [5.74, 6) is 0.678. The van der Waals surface area contributed by atoms with Gasteiger partial charge in [-0.05, 0) is 36.2 Å². The monoisotopic (exact) mass is 351 g/mol. The van der Waals surface area contributed by atoms with Crippen LogP contribution in [0.3, 0.4) is 0 Å². The Morgan fingerprint density at radius 2 is 1.84 bits per heavy atom. The molecule has 0 aliphatic rings. The topological polar surface area (TPSA) is 39.3 Å². The number of halogens is 1. The number of hydrogen-bond donors (Lipinski definition) is 0. The first-order valence-corrected chi connectivity index (χ1v) is 8.79. The largest absolute Gasteiger partial charge is 0.305 e. The maximum absolute atomic E-state index is 12.7. The smallest absolute Gasteiger partial charge is 0.259 e. The zero-order valence-corrected chi connectivity index (χ0v) is 14.7. The minimum Gasteiger partial charge on any atom is -0.305 e. The predicted octanol–water partition coefficient (Wildman–Crippen LogP) is 4.30. The van der Waals surface area contributed by atoms with Gasteiger partial charge in [0.15, 0.2) is 0 Å². The third-order valence-corrected chi connectivity index (χ3v) is 4.58. The number of imidazole rings is 1. The number of fused-ring (bicyclic) bond motifs is 3. The Morgan fingerprint density at radius 1 is 1.04 bits per heavy atom. The Bertz CT molecular complexity index is 1130. The molecule has 4 aromatic rings. The van der Waals surface area contributed by atoms with E-state index in [1.165, 1.54) is 0 Å². The van der Waals surface area contributed by atoms with Gasteiger partial charge in [0, 0.05) is 16.8 Å². The summed E-state index contributed by atoms with van der Waals surface area (Å²) < 4.78 is 3.78. The van der Waals surface area contributed by atoms with E-state index in [9.17, 15) is 4.79 Å². The van der Waals surface area contributed by atoms with Gasteiger partial charge in [-0.2, -0.15) is 0 Å². The minimum atomic E-state index is -0.0329. The fourth-order valence-corrected chi connectivity index (χ4v) is 3.48. The van der Waals surface area contributed by atoms with Gasteiger partial charge in [-0.1, -0.05) is 49.2 Å². The third kappa shape index (κ3) is 2.83. The first-order chi connectivity index (χ1) is 12.2. The van der Waals surface area contributed by atoms with Gasteiger partial charge in [-0.15, -0.1) is 0 Å². The van der Waals surface area contributed by atoms with Crippen molar-refractivity contribution in [3.63, 3.8) is 0 Å². The van der Waals surface area contributed by atoms with Crippen molar-refractivity contribution in [2.75, 3.05) is 0 Å².